The average Bonchev–Trinajstić information content (AvgIpc) is 3.24. The first-order chi connectivity index (χ1) is 16.5. The molecule has 0 amide bonds. The molecule has 10 heteroatoms. The minimum atomic E-state index is -3.83. The summed E-state index contributed by atoms with van der Waals surface area (Å²) in [5, 5.41) is 4.09. The first kappa shape index (κ1) is 27.9. The van der Waals surface area contributed by atoms with Gasteiger partial charge in [-0.15, -0.1) is 12.4 Å². The molecule has 1 aliphatic heterocycles. The van der Waals surface area contributed by atoms with Crippen molar-refractivity contribution in [2.75, 3.05) is 13.1 Å². The van der Waals surface area contributed by atoms with Crippen LogP contribution in [-0.2, 0) is 26.2 Å². The zero-order valence-electron chi connectivity index (χ0n) is 20.8. The first-order valence-corrected chi connectivity index (χ1v) is 13.0. The molecule has 1 aliphatic rings. The highest BCUT2D eigenvalue weighted by Crippen LogP contribution is 2.23. The van der Waals surface area contributed by atoms with Gasteiger partial charge in [0.05, 0.1) is 16.3 Å². The molecule has 2 heterocycles. The van der Waals surface area contributed by atoms with E-state index in [0.717, 1.165) is 22.2 Å². The average molecular weight is 534 g/mol. The van der Waals surface area contributed by atoms with Crippen molar-refractivity contribution in [3.8, 4) is 5.75 Å². The molecule has 1 aromatic heterocycles. The van der Waals surface area contributed by atoms with E-state index in [9.17, 15) is 13.2 Å². The van der Waals surface area contributed by atoms with E-state index in [4.69, 9.17) is 9.47 Å². The molecule has 8 nitrogen and oxygen atoms in total. The van der Waals surface area contributed by atoms with Crippen LogP contribution in [0.2, 0.25) is 0 Å². The summed E-state index contributed by atoms with van der Waals surface area (Å²) in [5.74, 6) is -0.459. The number of pyridine rings is 1. The van der Waals surface area contributed by atoms with E-state index < -0.39 is 33.6 Å². The van der Waals surface area contributed by atoms with Crippen molar-refractivity contribution in [3.63, 3.8) is 0 Å². The minimum Gasteiger partial charge on any atom is -0.489 e. The second-order valence-electron chi connectivity index (χ2n) is 9.73. The molecular weight excluding hydrogens is 502 g/mol. The highest BCUT2D eigenvalue weighted by molar-refractivity contribution is 7.89. The van der Waals surface area contributed by atoms with Crippen LogP contribution in [0.5, 0.6) is 5.75 Å². The topological polar surface area (TPSA) is 107 Å². The van der Waals surface area contributed by atoms with E-state index in [1.807, 2.05) is 37.3 Å². The third-order valence-corrected chi connectivity index (χ3v) is 7.19. The van der Waals surface area contributed by atoms with Gasteiger partial charge in [0, 0.05) is 35.8 Å². The molecule has 2 aromatic carbocycles. The lowest BCUT2D eigenvalue weighted by Crippen LogP contribution is -2.44. The Morgan fingerprint density at radius 3 is 2.50 bits per heavy atom. The van der Waals surface area contributed by atoms with Gasteiger partial charge in [0.2, 0.25) is 10.0 Å². The van der Waals surface area contributed by atoms with Crippen LogP contribution < -0.4 is 14.8 Å². The summed E-state index contributed by atoms with van der Waals surface area (Å²) in [6.07, 6.45) is 0. The van der Waals surface area contributed by atoms with E-state index in [-0.39, 0.29) is 17.3 Å². The van der Waals surface area contributed by atoms with Crippen molar-refractivity contribution in [2.24, 2.45) is 5.92 Å². The van der Waals surface area contributed by atoms with Crippen LogP contribution in [0.4, 0.5) is 0 Å². The van der Waals surface area contributed by atoms with Gasteiger partial charge >= 0.3 is 5.97 Å². The summed E-state index contributed by atoms with van der Waals surface area (Å²) >= 11 is 0. The maximum absolute atomic E-state index is 13.0. The Morgan fingerprint density at radius 1 is 1.11 bits per heavy atom. The lowest BCUT2D eigenvalue weighted by Gasteiger charge is -2.24. The molecule has 0 unspecified atom stereocenters. The molecule has 0 aliphatic carbocycles. The van der Waals surface area contributed by atoms with Gasteiger partial charge in [0.25, 0.3) is 0 Å². The van der Waals surface area contributed by atoms with Gasteiger partial charge in [0.1, 0.15) is 18.0 Å². The number of esters is 1. The third-order valence-electron chi connectivity index (χ3n) is 5.69. The van der Waals surface area contributed by atoms with Gasteiger partial charge in [-0.05, 0) is 64.1 Å². The van der Waals surface area contributed by atoms with Crippen molar-refractivity contribution in [2.45, 2.75) is 50.8 Å². The van der Waals surface area contributed by atoms with Crippen LogP contribution in [0.15, 0.2) is 59.5 Å². The Balaban J connectivity index is 0.00000361. The predicted octanol–water partition coefficient (Wildman–Crippen LogP) is 3.75. The number of hydrogen-bond acceptors (Lipinski definition) is 7. The summed E-state index contributed by atoms with van der Waals surface area (Å²) in [5.41, 5.74) is 2.18. The standard InChI is InChI=1S/C26H31N3O5S.ClH/c1-17-13-18(21-7-5-6-8-23(21)28-17)16-33-19-9-11-20(12-10-19)35(31,32)29-24-15-27-14-22(24)25(30)34-26(2,3)4;/h5-13,22,24,27,29H,14-16H2,1-4H3;1H/t22-,24+;/m0./s1. The van der Waals surface area contributed by atoms with Crippen molar-refractivity contribution < 1.29 is 22.7 Å². The molecule has 0 radical (unpaired) electrons. The number of sulfonamides is 1. The van der Waals surface area contributed by atoms with Crippen LogP contribution >= 0.6 is 12.4 Å². The van der Waals surface area contributed by atoms with Gasteiger partial charge in [-0.3, -0.25) is 9.78 Å². The normalized spacial score (nSPS) is 18.0. The number of para-hydroxylation sites is 1. The molecule has 0 spiro atoms. The number of hydrogen-bond donors (Lipinski definition) is 2. The molecule has 194 valence electrons. The Hall–Kier alpha value is -2.72. The summed E-state index contributed by atoms with van der Waals surface area (Å²) in [6, 6.07) is 15.5. The molecule has 0 saturated carbocycles. The van der Waals surface area contributed by atoms with Crippen molar-refractivity contribution >= 4 is 39.3 Å². The summed E-state index contributed by atoms with van der Waals surface area (Å²) < 4.78 is 40.0. The Bertz CT molecular complexity index is 1320. The lowest BCUT2D eigenvalue weighted by molar-refractivity contribution is -0.159. The molecule has 1 saturated heterocycles. The van der Waals surface area contributed by atoms with E-state index >= 15 is 0 Å². The number of aryl methyl sites for hydroxylation is 1. The van der Waals surface area contributed by atoms with Crippen LogP contribution in [0.1, 0.15) is 32.0 Å². The third kappa shape index (κ3) is 6.73. The van der Waals surface area contributed by atoms with Gasteiger partial charge in [-0.1, -0.05) is 18.2 Å². The summed E-state index contributed by atoms with van der Waals surface area (Å²) in [4.78, 5) is 17.2. The Kier molecular flexibility index (Phi) is 8.61. The van der Waals surface area contributed by atoms with E-state index in [1.54, 1.807) is 32.9 Å². The molecule has 36 heavy (non-hydrogen) atoms. The van der Waals surface area contributed by atoms with Crippen LogP contribution in [0.25, 0.3) is 10.9 Å². The lowest BCUT2D eigenvalue weighted by atomic mass is 10.0. The number of halogens is 1. The van der Waals surface area contributed by atoms with Crippen LogP contribution in [-0.4, -0.2) is 44.1 Å². The maximum Gasteiger partial charge on any atom is 0.312 e. The Labute approximate surface area is 218 Å². The molecule has 2 N–H and O–H groups in total. The van der Waals surface area contributed by atoms with Crippen molar-refractivity contribution in [1.29, 1.82) is 0 Å². The molecule has 2 atom stereocenters. The first-order valence-electron chi connectivity index (χ1n) is 11.6. The zero-order valence-corrected chi connectivity index (χ0v) is 22.4. The quantitative estimate of drug-likeness (QED) is 0.445. The van der Waals surface area contributed by atoms with Crippen LogP contribution in [0.3, 0.4) is 0 Å². The number of fused-ring (bicyclic) bond motifs is 1. The molecule has 0 bridgehead atoms. The fourth-order valence-electron chi connectivity index (χ4n) is 4.09. The monoisotopic (exact) mass is 533 g/mol. The second-order valence-corrected chi connectivity index (χ2v) is 11.4. The molecular formula is C26H32ClN3O5S. The number of carbonyl (C=O) groups is 1. The summed E-state index contributed by atoms with van der Waals surface area (Å²) in [7, 11) is -3.83. The molecule has 4 rings (SSSR count). The fourth-order valence-corrected chi connectivity index (χ4v) is 5.36. The maximum atomic E-state index is 13.0. The van der Waals surface area contributed by atoms with Crippen molar-refractivity contribution in [3.05, 3.63) is 65.9 Å². The second kappa shape index (κ2) is 11.1. The van der Waals surface area contributed by atoms with E-state index in [0.29, 0.717) is 25.4 Å². The molecule has 3 aromatic rings. The van der Waals surface area contributed by atoms with Gasteiger partial charge < -0.3 is 14.8 Å². The smallest absolute Gasteiger partial charge is 0.312 e. The fraction of sp³-hybridized carbons (Fsp3) is 0.385. The van der Waals surface area contributed by atoms with Crippen molar-refractivity contribution in [1.82, 2.24) is 15.0 Å². The van der Waals surface area contributed by atoms with E-state index in [2.05, 4.69) is 15.0 Å². The number of aromatic nitrogens is 1. The van der Waals surface area contributed by atoms with Crippen LogP contribution in [0, 0.1) is 12.8 Å². The SMILES string of the molecule is Cc1cc(COc2ccc(S(=O)(=O)N[C@@H]3CNC[C@@H]3C(=O)OC(C)(C)C)cc2)c2ccccc2n1.Cl. The van der Waals surface area contributed by atoms with Gasteiger partial charge in [0.15, 0.2) is 0 Å². The number of ether oxygens (including phenoxy) is 2. The minimum absolute atomic E-state index is 0. The largest absolute Gasteiger partial charge is 0.489 e. The highest BCUT2D eigenvalue weighted by atomic mass is 35.5. The van der Waals surface area contributed by atoms with Gasteiger partial charge in [-0.2, -0.15) is 0 Å². The predicted molar refractivity (Wildman–Crippen MR) is 141 cm³/mol. The number of nitrogens with one attached hydrogen (secondary N) is 2. The highest BCUT2D eigenvalue weighted by Gasteiger charge is 2.38. The van der Waals surface area contributed by atoms with Gasteiger partial charge in [-0.25, -0.2) is 13.1 Å². The molecule has 1 fully saturated rings. The van der Waals surface area contributed by atoms with E-state index in [1.165, 1.54) is 12.1 Å². The summed E-state index contributed by atoms with van der Waals surface area (Å²) in [6.45, 7) is 8.34. The number of rotatable bonds is 7. The number of nitrogens with zero attached hydrogens (tertiary/aromatic N) is 1. The number of benzene rings is 2. The zero-order chi connectivity index (χ0) is 25.2. The number of carbonyl (C=O) groups excluding carboxylic acids is 1. The Morgan fingerprint density at radius 2 is 1.81 bits per heavy atom.